The van der Waals surface area contributed by atoms with E-state index in [0.717, 1.165) is 0 Å². The molecule has 0 fully saturated rings. The van der Waals surface area contributed by atoms with Crippen molar-refractivity contribution in [2.45, 2.75) is 6.92 Å². The molecule has 15 heavy (non-hydrogen) atoms. The highest BCUT2D eigenvalue weighted by atomic mass is 14.9. The van der Waals surface area contributed by atoms with E-state index in [1.54, 1.807) is 0 Å². The molecule has 0 atom stereocenters. The molecule has 3 aromatic heterocycles. The van der Waals surface area contributed by atoms with Crippen LogP contribution in [0.1, 0.15) is 5.56 Å². The molecule has 0 bridgehead atoms. The largest absolute Gasteiger partial charge is 0.343 e. The molecule has 3 aromatic rings. The summed E-state index contributed by atoms with van der Waals surface area (Å²) in [7, 11) is 2.08. The Morgan fingerprint density at radius 3 is 2.73 bits per heavy atom. The monoisotopic (exact) mass is 197 g/mol. The summed E-state index contributed by atoms with van der Waals surface area (Å²) in [6.45, 7) is 2.08. The first kappa shape index (κ1) is 8.41. The fraction of sp³-hybridized carbons (Fsp3) is 0.167. The lowest BCUT2D eigenvalue weighted by Gasteiger charge is -1.99. The minimum absolute atomic E-state index is 1.17. The average Bonchev–Trinajstić information content (AvgIpc) is 2.55. The number of nitrogens with zero attached hydrogens (tertiary/aromatic N) is 3. The van der Waals surface area contributed by atoms with Crippen LogP contribution in [0.5, 0.6) is 0 Å². The fourth-order valence-electron chi connectivity index (χ4n) is 2.21. The highest BCUT2D eigenvalue weighted by Crippen LogP contribution is 2.28. The average molecular weight is 197 g/mol. The first-order valence-electron chi connectivity index (χ1n) is 4.92. The van der Waals surface area contributed by atoms with E-state index in [0.29, 0.717) is 0 Å². The van der Waals surface area contributed by atoms with E-state index in [2.05, 4.69) is 28.5 Å². The summed E-state index contributed by atoms with van der Waals surface area (Å²) < 4.78 is 2.20. The highest BCUT2D eigenvalue weighted by molar-refractivity contribution is 6.08. The van der Waals surface area contributed by atoms with Gasteiger partial charge in [-0.3, -0.25) is 9.97 Å². The molecule has 0 aliphatic rings. The van der Waals surface area contributed by atoms with Crippen molar-refractivity contribution in [2.24, 2.45) is 7.05 Å². The molecule has 74 valence electrons. The van der Waals surface area contributed by atoms with Gasteiger partial charge >= 0.3 is 0 Å². The molecule has 0 saturated carbocycles. The van der Waals surface area contributed by atoms with Crippen molar-refractivity contribution >= 4 is 21.8 Å². The predicted molar refractivity (Wildman–Crippen MR) is 60.8 cm³/mol. The van der Waals surface area contributed by atoms with Crippen LogP contribution in [0, 0.1) is 6.92 Å². The summed E-state index contributed by atoms with van der Waals surface area (Å²) >= 11 is 0. The Morgan fingerprint density at radius 2 is 1.87 bits per heavy atom. The second kappa shape index (κ2) is 2.79. The van der Waals surface area contributed by atoms with Crippen molar-refractivity contribution in [3.05, 3.63) is 36.4 Å². The van der Waals surface area contributed by atoms with Crippen molar-refractivity contribution in [3.63, 3.8) is 0 Å². The van der Waals surface area contributed by atoms with Gasteiger partial charge in [0, 0.05) is 42.6 Å². The van der Waals surface area contributed by atoms with Crippen molar-refractivity contribution in [1.82, 2.24) is 14.5 Å². The van der Waals surface area contributed by atoms with Crippen LogP contribution in [0.4, 0.5) is 0 Å². The van der Waals surface area contributed by atoms with Gasteiger partial charge in [0.2, 0.25) is 0 Å². The lowest BCUT2D eigenvalue weighted by atomic mass is 10.2. The maximum absolute atomic E-state index is 4.23. The van der Waals surface area contributed by atoms with Crippen LogP contribution in [0.15, 0.2) is 30.9 Å². The molecule has 0 radical (unpaired) electrons. The van der Waals surface area contributed by atoms with Crippen molar-refractivity contribution in [3.8, 4) is 0 Å². The Labute approximate surface area is 87.4 Å². The fourth-order valence-corrected chi connectivity index (χ4v) is 2.21. The van der Waals surface area contributed by atoms with Crippen LogP contribution >= 0.6 is 0 Å². The van der Waals surface area contributed by atoms with Crippen LogP contribution < -0.4 is 0 Å². The first-order valence-corrected chi connectivity index (χ1v) is 4.92. The third-order valence-corrected chi connectivity index (χ3v) is 2.89. The van der Waals surface area contributed by atoms with E-state index in [1.807, 2.05) is 30.9 Å². The third kappa shape index (κ3) is 1.00. The van der Waals surface area contributed by atoms with Gasteiger partial charge in [0.25, 0.3) is 0 Å². The summed E-state index contributed by atoms with van der Waals surface area (Å²) in [5.41, 5.74) is 3.65. The number of fused-ring (bicyclic) bond motifs is 3. The van der Waals surface area contributed by atoms with Gasteiger partial charge in [-0.2, -0.15) is 0 Å². The van der Waals surface area contributed by atoms with Crippen LogP contribution in [-0.2, 0) is 7.05 Å². The van der Waals surface area contributed by atoms with Gasteiger partial charge in [-0.15, -0.1) is 0 Å². The number of aromatic nitrogens is 3. The van der Waals surface area contributed by atoms with E-state index >= 15 is 0 Å². The zero-order chi connectivity index (χ0) is 10.4. The maximum atomic E-state index is 4.23. The second-order valence-electron chi connectivity index (χ2n) is 3.80. The van der Waals surface area contributed by atoms with Crippen molar-refractivity contribution < 1.29 is 0 Å². The predicted octanol–water partition coefficient (Wildman–Crippen LogP) is 2.43. The van der Waals surface area contributed by atoms with Crippen LogP contribution in [-0.4, -0.2) is 14.5 Å². The molecule has 0 saturated heterocycles. The Bertz CT molecular complexity index is 652. The molecule has 0 aliphatic heterocycles. The summed E-state index contributed by atoms with van der Waals surface area (Å²) in [5.74, 6) is 0. The molecule has 3 heterocycles. The smallest absolute Gasteiger partial charge is 0.0550 e. The van der Waals surface area contributed by atoms with E-state index in [-0.39, 0.29) is 0 Å². The van der Waals surface area contributed by atoms with Gasteiger partial charge in [0.1, 0.15) is 0 Å². The van der Waals surface area contributed by atoms with Gasteiger partial charge in [-0.05, 0) is 18.6 Å². The van der Waals surface area contributed by atoms with Crippen molar-refractivity contribution in [1.29, 1.82) is 0 Å². The number of hydrogen-bond donors (Lipinski definition) is 0. The van der Waals surface area contributed by atoms with Gasteiger partial charge in [0.05, 0.1) is 11.0 Å². The Balaban J connectivity index is 2.69. The lowest BCUT2D eigenvalue weighted by Crippen LogP contribution is -1.89. The summed E-state index contributed by atoms with van der Waals surface area (Å²) in [5, 5.41) is 2.35. The Morgan fingerprint density at radius 1 is 1.07 bits per heavy atom. The van der Waals surface area contributed by atoms with E-state index in [1.165, 1.54) is 27.4 Å². The molecule has 0 aliphatic carbocycles. The third-order valence-electron chi connectivity index (χ3n) is 2.89. The molecule has 0 N–H and O–H groups in total. The van der Waals surface area contributed by atoms with E-state index in [9.17, 15) is 0 Å². The van der Waals surface area contributed by atoms with Crippen LogP contribution in [0.25, 0.3) is 21.8 Å². The number of hydrogen-bond acceptors (Lipinski definition) is 2. The van der Waals surface area contributed by atoms with E-state index in [4.69, 9.17) is 0 Å². The molecule has 0 amide bonds. The van der Waals surface area contributed by atoms with E-state index < -0.39 is 0 Å². The molecule has 0 spiro atoms. The first-order chi connectivity index (χ1) is 7.29. The number of pyridine rings is 2. The molecule has 0 unspecified atom stereocenters. The van der Waals surface area contributed by atoms with Crippen LogP contribution in [0.2, 0.25) is 0 Å². The van der Waals surface area contributed by atoms with Gasteiger partial charge in [0.15, 0.2) is 0 Å². The quantitative estimate of drug-likeness (QED) is 0.554. The van der Waals surface area contributed by atoms with Gasteiger partial charge < -0.3 is 4.57 Å². The maximum Gasteiger partial charge on any atom is 0.0550 e. The minimum atomic E-state index is 1.17. The lowest BCUT2D eigenvalue weighted by molar-refractivity contribution is 1.00. The zero-order valence-corrected chi connectivity index (χ0v) is 8.73. The normalized spacial score (nSPS) is 11.3. The molecule has 0 aromatic carbocycles. The zero-order valence-electron chi connectivity index (χ0n) is 8.73. The van der Waals surface area contributed by atoms with Crippen LogP contribution in [0.3, 0.4) is 0 Å². The Hall–Kier alpha value is -1.90. The molecular formula is C12H11N3. The molecule has 3 nitrogen and oxygen atoms in total. The molecule has 3 heteroatoms. The molecular weight excluding hydrogens is 186 g/mol. The van der Waals surface area contributed by atoms with Gasteiger partial charge in [-0.25, -0.2) is 0 Å². The summed E-state index contributed by atoms with van der Waals surface area (Å²) in [6.07, 6.45) is 7.53. The van der Waals surface area contributed by atoms with Gasteiger partial charge in [-0.1, -0.05) is 0 Å². The summed E-state index contributed by atoms with van der Waals surface area (Å²) in [4.78, 5) is 8.40. The number of aryl methyl sites for hydroxylation is 2. The second-order valence-corrected chi connectivity index (χ2v) is 3.80. The molecule has 3 rings (SSSR count). The standard InChI is InChI=1S/C12H11N3/c1-8-5-14-7-10-9-6-13-4-3-11(9)15(2)12(8)10/h3-7H,1-2H3. The Kier molecular flexibility index (Phi) is 1.57. The summed E-state index contributed by atoms with van der Waals surface area (Å²) in [6, 6.07) is 2.04. The van der Waals surface area contributed by atoms with Crippen molar-refractivity contribution in [2.75, 3.05) is 0 Å². The number of rotatable bonds is 0. The highest BCUT2D eigenvalue weighted by Gasteiger charge is 2.09. The topological polar surface area (TPSA) is 30.7 Å². The minimum Gasteiger partial charge on any atom is -0.343 e. The SMILES string of the molecule is Cc1cncc2c3cnccc3n(C)c12.